The second kappa shape index (κ2) is 7.58. The van der Waals surface area contributed by atoms with Crippen molar-refractivity contribution in [3.8, 4) is 0 Å². The monoisotopic (exact) mass is 369 g/mol. The summed E-state index contributed by atoms with van der Waals surface area (Å²) in [6.45, 7) is 2.09. The number of fused-ring (bicyclic) bond motifs is 1. The summed E-state index contributed by atoms with van der Waals surface area (Å²) in [7, 11) is -3.69. The molecule has 26 heavy (non-hydrogen) atoms. The molecule has 0 aliphatic rings. The minimum absolute atomic E-state index is 0.158. The Morgan fingerprint density at radius 2 is 1.65 bits per heavy atom. The molecule has 6 heteroatoms. The second-order valence-corrected chi connectivity index (χ2v) is 7.48. The van der Waals surface area contributed by atoms with Crippen molar-refractivity contribution in [2.75, 3.05) is 11.3 Å². The first-order valence-corrected chi connectivity index (χ1v) is 9.72. The molecule has 0 saturated heterocycles. The Morgan fingerprint density at radius 1 is 0.962 bits per heavy atom. The van der Waals surface area contributed by atoms with Gasteiger partial charge in [0, 0.05) is 5.69 Å². The number of hydrogen-bond acceptors (Lipinski definition) is 4. The highest BCUT2D eigenvalue weighted by atomic mass is 32.2. The third-order valence-electron chi connectivity index (χ3n) is 3.89. The minimum atomic E-state index is -3.69. The van der Waals surface area contributed by atoms with Gasteiger partial charge in [0.05, 0.1) is 17.9 Å². The number of carbonyl (C=O) groups is 1. The molecule has 0 atom stereocenters. The van der Waals surface area contributed by atoms with Gasteiger partial charge in [-0.05, 0) is 47.5 Å². The van der Waals surface area contributed by atoms with Crippen LogP contribution in [-0.4, -0.2) is 21.0 Å². The van der Waals surface area contributed by atoms with E-state index in [1.165, 1.54) is 0 Å². The molecule has 0 aliphatic heterocycles. The molecule has 1 N–H and O–H groups in total. The molecule has 0 fully saturated rings. The number of ether oxygens (including phenoxy) is 1. The Bertz CT molecular complexity index is 1030. The normalized spacial score (nSPS) is 11.3. The summed E-state index contributed by atoms with van der Waals surface area (Å²) < 4.78 is 32.7. The highest BCUT2D eigenvalue weighted by Crippen LogP contribution is 2.21. The van der Waals surface area contributed by atoms with E-state index in [2.05, 4.69) is 4.72 Å². The average molecular weight is 369 g/mol. The van der Waals surface area contributed by atoms with Crippen molar-refractivity contribution in [1.82, 2.24) is 0 Å². The molecule has 0 heterocycles. The Morgan fingerprint density at radius 3 is 2.35 bits per heavy atom. The lowest BCUT2D eigenvalue weighted by atomic mass is 10.1. The Balaban J connectivity index is 1.77. The molecule has 0 amide bonds. The first-order chi connectivity index (χ1) is 12.5. The van der Waals surface area contributed by atoms with Gasteiger partial charge in [0.1, 0.15) is 0 Å². The van der Waals surface area contributed by atoms with Crippen LogP contribution in [-0.2, 0) is 26.0 Å². The van der Waals surface area contributed by atoms with Crippen LogP contribution in [0.4, 0.5) is 5.69 Å². The van der Waals surface area contributed by atoms with Gasteiger partial charge in [-0.1, -0.05) is 42.5 Å². The third-order valence-corrected chi connectivity index (χ3v) is 5.27. The van der Waals surface area contributed by atoms with Gasteiger partial charge in [-0.2, -0.15) is 0 Å². The van der Waals surface area contributed by atoms with Gasteiger partial charge in [0.2, 0.25) is 0 Å². The maximum Gasteiger partial charge on any atom is 0.310 e. The van der Waals surface area contributed by atoms with Crippen LogP contribution in [0, 0.1) is 0 Å². The van der Waals surface area contributed by atoms with Crippen LogP contribution in [0.25, 0.3) is 10.8 Å². The summed E-state index contributed by atoms with van der Waals surface area (Å²) in [6.07, 6.45) is 0.158. The Labute approximate surface area is 152 Å². The molecule has 0 radical (unpaired) electrons. The van der Waals surface area contributed by atoms with Crippen LogP contribution in [0.3, 0.4) is 0 Å². The van der Waals surface area contributed by atoms with Gasteiger partial charge >= 0.3 is 5.97 Å². The molecule has 0 unspecified atom stereocenters. The molecular weight excluding hydrogens is 350 g/mol. The third kappa shape index (κ3) is 4.21. The summed E-state index contributed by atoms with van der Waals surface area (Å²) in [5.41, 5.74) is 1.20. The lowest BCUT2D eigenvalue weighted by molar-refractivity contribution is -0.142. The standard InChI is InChI=1S/C20H19NO4S/c1-2-25-20(22)13-15-7-10-18(11-8-15)21-26(23,24)19-12-9-16-5-3-4-6-17(16)14-19/h3-12,14,21H,2,13H2,1H3. The summed E-state index contributed by atoms with van der Waals surface area (Å²) in [4.78, 5) is 11.7. The van der Waals surface area contributed by atoms with E-state index in [0.717, 1.165) is 16.3 Å². The van der Waals surface area contributed by atoms with Gasteiger partial charge in [0.15, 0.2) is 0 Å². The highest BCUT2D eigenvalue weighted by Gasteiger charge is 2.15. The van der Waals surface area contributed by atoms with E-state index in [1.54, 1.807) is 49.4 Å². The summed E-state index contributed by atoms with van der Waals surface area (Å²) >= 11 is 0. The van der Waals surface area contributed by atoms with Gasteiger partial charge in [-0.3, -0.25) is 9.52 Å². The molecule has 134 valence electrons. The van der Waals surface area contributed by atoms with Crippen molar-refractivity contribution in [3.05, 3.63) is 72.3 Å². The molecule has 3 aromatic rings. The molecule has 0 spiro atoms. The molecule has 0 aromatic heterocycles. The van der Waals surface area contributed by atoms with Gasteiger partial charge in [-0.15, -0.1) is 0 Å². The number of rotatable bonds is 6. The zero-order valence-electron chi connectivity index (χ0n) is 14.3. The Kier molecular flexibility index (Phi) is 5.23. The number of hydrogen-bond donors (Lipinski definition) is 1. The van der Waals surface area contributed by atoms with E-state index in [4.69, 9.17) is 4.74 Å². The summed E-state index contributed by atoms with van der Waals surface area (Å²) in [6, 6.07) is 19.3. The number of sulfonamides is 1. The zero-order valence-corrected chi connectivity index (χ0v) is 15.1. The molecule has 3 aromatic carbocycles. The lowest BCUT2D eigenvalue weighted by Gasteiger charge is -2.10. The molecular formula is C20H19NO4S. The number of nitrogens with one attached hydrogen (secondary N) is 1. The van der Waals surface area contributed by atoms with Crippen LogP contribution < -0.4 is 4.72 Å². The van der Waals surface area contributed by atoms with Crippen molar-refractivity contribution >= 4 is 32.5 Å². The highest BCUT2D eigenvalue weighted by molar-refractivity contribution is 7.92. The molecule has 5 nitrogen and oxygen atoms in total. The first-order valence-electron chi connectivity index (χ1n) is 8.24. The van der Waals surface area contributed by atoms with E-state index in [9.17, 15) is 13.2 Å². The predicted octanol–water partition coefficient (Wildman–Crippen LogP) is 3.75. The summed E-state index contributed by atoms with van der Waals surface area (Å²) in [5, 5.41) is 1.84. The fourth-order valence-corrected chi connectivity index (χ4v) is 3.71. The molecule has 3 rings (SSSR count). The minimum Gasteiger partial charge on any atom is -0.466 e. The SMILES string of the molecule is CCOC(=O)Cc1ccc(NS(=O)(=O)c2ccc3ccccc3c2)cc1. The van der Waals surface area contributed by atoms with Crippen LogP contribution in [0.1, 0.15) is 12.5 Å². The lowest BCUT2D eigenvalue weighted by Crippen LogP contribution is -2.13. The maximum atomic E-state index is 12.6. The molecule has 0 aliphatic carbocycles. The van der Waals surface area contributed by atoms with Crippen molar-refractivity contribution < 1.29 is 17.9 Å². The molecule has 0 saturated carbocycles. The fraction of sp³-hybridized carbons (Fsp3) is 0.150. The van der Waals surface area contributed by atoms with Gasteiger partial charge < -0.3 is 4.74 Å². The van der Waals surface area contributed by atoms with E-state index in [-0.39, 0.29) is 17.3 Å². The van der Waals surface area contributed by atoms with Gasteiger partial charge in [0.25, 0.3) is 10.0 Å². The quantitative estimate of drug-likeness (QED) is 0.672. The number of benzene rings is 3. The average Bonchev–Trinajstić information content (AvgIpc) is 2.63. The first kappa shape index (κ1) is 17.9. The zero-order chi connectivity index (χ0) is 18.6. The van der Waals surface area contributed by atoms with E-state index < -0.39 is 10.0 Å². The van der Waals surface area contributed by atoms with Crippen molar-refractivity contribution in [2.45, 2.75) is 18.2 Å². The van der Waals surface area contributed by atoms with E-state index >= 15 is 0 Å². The van der Waals surface area contributed by atoms with Crippen molar-refractivity contribution in [3.63, 3.8) is 0 Å². The van der Waals surface area contributed by atoms with Crippen LogP contribution in [0.2, 0.25) is 0 Å². The van der Waals surface area contributed by atoms with E-state index in [1.807, 2.05) is 24.3 Å². The van der Waals surface area contributed by atoms with Crippen molar-refractivity contribution in [2.24, 2.45) is 0 Å². The largest absolute Gasteiger partial charge is 0.466 e. The Hall–Kier alpha value is -2.86. The smallest absolute Gasteiger partial charge is 0.310 e. The summed E-state index contributed by atoms with van der Waals surface area (Å²) in [5.74, 6) is -0.308. The van der Waals surface area contributed by atoms with Crippen LogP contribution in [0.5, 0.6) is 0 Å². The molecule has 0 bridgehead atoms. The predicted molar refractivity (Wildman–Crippen MR) is 102 cm³/mol. The van der Waals surface area contributed by atoms with Crippen molar-refractivity contribution in [1.29, 1.82) is 0 Å². The maximum absolute atomic E-state index is 12.6. The van der Waals surface area contributed by atoms with Crippen LogP contribution in [0.15, 0.2) is 71.6 Å². The van der Waals surface area contributed by atoms with E-state index in [0.29, 0.717) is 12.3 Å². The van der Waals surface area contributed by atoms with Crippen LogP contribution >= 0.6 is 0 Å². The topological polar surface area (TPSA) is 72.5 Å². The number of anilines is 1. The number of carbonyl (C=O) groups excluding carboxylic acids is 1. The fourth-order valence-electron chi connectivity index (χ4n) is 2.62. The second-order valence-electron chi connectivity index (χ2n) is 5.79. The number of esters is 1. The van der Waals surface area contributed by atoms with Gasteiger partial charge in [-0.25, -0.2) is 8.42 Å².